The zero-order valence-electron chi connectivity index (χ0n) is 65.0. The number of carbonyl (C=O) groups excluding carboxylic acids is 3. The standard InChI is InChI=1S/C29H39F2N3O2.2C29H41N3O2/c1-6-7-9-23-26(21-12-10-20(2)11-13-21)33-34(25-15-14-22(30)18-24(25)31)29(23,5)27(36)32-17-8-16-28(3,4)19-35;1-6-7-15-25-26(23-18-16-22(2)17-19-23)31-32(24-13-9-8-10-14-24)29(25,5)27(33)30-21-12-11-20-28(3,4)34;1-6-7-14-25-26(23-17-15-22(2)16-18-23)31-32(24-12-9-8-10-13-24)29(25,5)27(34)30-20-11-19-28(3,4)21-33/h10-15,18,23,35H,6-9,16-17,19H2,1-5H3,(H,32,36);8-10,13-14,16-19,25,34H,6-7,11-12,15,20-21H2,1-5H3,(H,30,33);8-10,12-13,15-18,25,33H,6-7,11,14,19-21H2,1-5H3,(H,30,34). The Morgan fingerprint density at radius 2 is 0.769 bits per heavy atom. The van der Waals surface area contributed by atoms with Crippen molar-refractivity contribution in [1.82, 2.24) is 16.0 Å². The van der Waals surface area contributed by atoms with Gasteiger partial charge in [-0.25, -0.2) is 23.8 Å². The van der Waals surface area contributed by atoms with Gasteiger partial charge in [0.15, 0.2) is 5.82 Å². The summed E-state index contributed by atoms with van der Waals surface area (Å²) in [4.78, 5) is 41.6. The number of nitrogens with zero attached hydrogens (tertiary/aromatic N) is 6. The van der Waals surface area contributed by atoms with Crippen LogP contribution in [0.15, 0.2) is 167 Å². The lowest BCUT2D eigenvalue weighted by molar-refractivity contribution is -0.127. The average molecular weight is 1430 g/mol. The van der Waals surface area contributed by atoms with Crippen LogP contribution in [0, 0.1) is 61.0 Å². The molecule has 6 atom stereocenters. The summed E-state index contributed by atoms with van der Waals surface area (Å²) in [6.45, 7) is 32.0. The second kappa shape index (κ2) is 37.7. The van der Waals surface area contributed by atoms with E-state index < -0.39 is 33.9 Å². The van der Waals surface area contributed by atoms with Gasteiger partial charge in [0.25, 0.3) is 0 Å². The zero-order valence-corrected chi connectivity index (χ0v) is 65.0. The molecule has 0 spiro atoms. The normalized spacial score (nSPS) is 20.2. The molecular weight excluding hydrogens is 1310 g/mol. The molecule has 6 aromatic rings. The number of carbonyl (C=O) groups is 3. The zero-order chi connectivity index (χ0) is 76.0. The molecule has 17 heteroatoms. The summed E-state index contributed by atoms with van der Waals surface area (Å²) in [6.07, 6.45) is 14.1. The van der Waals surface area contributed by atoms with Gasteiger partial charge in [-0.05, 0) is 184 Å². The minimum atomic E-state index is -1.21. The summed E-state index contributed by atoms with van der Waals surface area (Å²) >= 11 is 0. The molecule has 0 radical (unpaired) electrons. The average Bonchev–Trinajstić information content (AvgIpc) is 1.59. The van der Waals surface area contributed by atoms with Gasteiger partial charge in [-0.2, -0.15) is 15.3 Å². The minimum absolute atomic E-state index is 0.00474. The van der Waals surface area contributed by atoms with E-state index in [4.69, 9.17) is 15.3 Å². The molecule has 0 fully saturated rings. The van der Waals surface area contributed by atoms with Crippen LogP contribution in [0.25, 0.3) is 0 Å². The molecule has 0 saturated carbocycles. The Balaban J connectivity index is 0.000000218. The van der Waals surface area contributed by atoms with Crippen LogP contribution >= 0.6 is 0 Å². The van der Waals surface area contributed by atoms with E-state index in [-0.39, 0.29) is 65.2 Å². The van der Waals surface area contributed by atoms with Crippen molar-refractivity contribution >= 4 is 51.9 Å². The Kier molecular flexibility index (Phi) is 30.2. The lowest BCUT2D eigenvalue weighted by Crippen LogP contribution is -2.58. The van der Waals surface area contributed by atoms with E-state index in [1.807, 2.05) is 157 Å². The van der Waals surface area contributed by atoms with E-state index in [2.05, 4.69) is 99.1 Å². The fourth-order valence-corrected chi connectivity index (χ4v) is 14.1. The maximum absolute atomic E-state index is 15.0. The number of anilines is 3. The molecule has 6 unspecified atom stereocenters. The van der Waals surface area contributed by atoms with Crippen molar-refractivity contribution < 1.29 is 38.5 Å². The van der Waals surface area contributed by atoms with Crippen LogP contribution in [-0.4, -0.2) is 105 Å². The molecule has 3 aliphatic heterocycles. The monoisotopic (exact) mass is 1430 g/mol. The highest BCUT2D eigenvalue weighted by atomic mass is 19.1. The highest BCUT2D eigenvalue weighted by molar-refractivity contribution is 6.13. The lowest BCUT2D eigenvalue weighted by Gasteiger charge is -2.38. The number of hydrazone groups is 3. The Hall–Kier alpha value is -8.12. The van der Waals surface area contributed by atoms with Gasteiger partial charge < -0.3 is 31.3 Å². The number of para-hydroxylation sites is 2. The quantitative estimate of drug-likeness (QED) is 0.0217. The molecular formula is C87H121F2N9O6. The van der Waals surface area contributed by atoms with Crippen LogP contribution in [-0.2, 0) is 14.4 Å². The maximum Gasteiger partial charge on any atom is 0.248 e. The summed E-state index contributed by atoms with van der Waals surface area (Å²) in [5, 5.41) is 58.9. The third-order valence-electron chi connectivity index (χ3n) is 21.1. The van der Waals surface area contributed by atoms with Gasteiger partial charge in [0, 0.05) is 56.7 Å². The lowest BCUT2D eigenvalue weighted by atomic mass is 9.76. The van der Waals surface area contributed by atoms with E-state index in [0.717, 1.165) is 147 Å². The Labute approximate surface area is 620 Å². The fraction of sp³-hybridized carbons (Fsp3) is 0.517. The SMILES string of the molecule is CCCCC1C(c2ccc(C)cc2)=NN(c2ccc(F)cc2F)C1(C)C(=O)NCCCC(C)(C)CO.CCCCC1C(c2ccc(C)cc2)=NN(c2ccccc2)C1(C)C(=O)NCCCC(C)(C)CO.CCCCC1C(c2ccc(C)cc2)=NN(c2ccccc2)C1(C)C(=O)NCCCCC(C)(C)O. The van der Waals surface area contributed by atoms with Crippen molar-refractivity contribution in [2.45, 2.75) is 229 Å². The third kappa shape index (κ3) is 21.1. The number of aryl methyl sites for hydroxylation is 3. The second-order valence-corrected chi connectivity index (χ2v) is 31.7. The highest BCUT2D eigenvalue weighted by Gasteiger charge is 2.56. The number of rotatable bonds is 33. The number of aliphatic hydroxyl groups is 3. The first kappa shape index (κ1) is 83.2. The number of hydrogen-bond acceptors (Lipinski definition) is 12. The number of nitrogens with one attached hydrogen (secondary N) is 3. The van der Waals surface area contributed by atoms with Crippen molar-refractivity contribution in [3.8, 4) is 0 Å². The molecule has 0 bridgehead atoms. The number of halogens is 2. The summed E-state index contributed by atoms with van der Waals surface area (Å²) < 4.78 is 28.8. The molecule has 15 nitrogen and oxygen atoms in total. The van der Waals surface area contributed by atoms with E-state index in [1.165, 1.54) is 28.3 Å². The molecule has 564 valence electrons. The molecule has 6 aromatic carbocycles. The van der Waals surface area contributed by atoms with Crippen molar-refractivity contribution in [1.29, 1.82) is 0 Å². The molecule has 3 aliphatic rings. The molecule has 0 aromatic heterocycles. The predicted molar refractivity (Wildman–Crippen MR) is 423 cm³/mol. The number of hydrogen-bond donors (Lipinski definition) is 6. The fourth-order valence-electron chi connectivity index (χ4n) is 14.1. The first-order chi connectivity index (χ1) is 49.4. The Morgan fingerprint density at radius 3 is 1.09 bits per heavy atom. The third-order valence-corrected chi connectivity index (χ3v) is 21.1. The van der Waals surface area contributed by atoms with Gasteiger partial charge in [0.05, 0.1) is 39.8 Å². The molecule has 3 amide bonds. The molecule has 104 heavy (non-hydrogen) atoms. The first-order valence-electron chi connectivity index (χ1n) is 38.1. The highest BCUT2D eigenvalue weighted by Crippen LogP contribution is 2.46. The topological polar surface area (TPSA) is 195 Å². The molecule has 0 saturated heterocycles. The van der Waals surface area contributed by atoms with Crippen LogP contribution in [0.3, 0.4) is 0 Å². The number of aliphatic hydroxyl groups excluding tert-OH is 2. The van der Waals surface area contributed by atoms with Crippen LogP contribution in [0.2, 0.25) is 0 Å². The summed E-state index contributed by atoms with van der Waals surface area (Å²) in [6, 6.07) is 48.3. The van der Waals surface area contributed by atoms with Crippen LogP contribution < -0.4 is 31.0 Å². The van der Waals surface area contributed by atoms with Crippen molar-refractivity contribution in [3.63, 3.8) is 0 Å². The van der Waals surface area contributed by atoms with E-state index in [1.54, 1.807) is 6.92 Å². The van der Waals surface area contributed by atoms with Crippen molar-refractivity contribution in [2.24, 2.45) is 43.9 Å². The summed E-state index contributed by atoms with van der Waals surface area (Å²) in [5.41, 5.74) is 7.27. The van der Waals surface area contributed by atoms with Crippen molar-refractivity contribution in [3.05, 3.63) is 197 Å². The van der Waals surface area contributed by atoms with Gasteiger partial charge in [0.1, 0.15) is 22.4 Å². The van der Waals surface area contributed by atoms with Gasteiger partial charge in [-0.1, -0.05) is 213 Å². The largest absolute Gasteiger partial charge is 0.396 e. The number of benzene rings is 6. The maximum atomic E-state index is 15.0. The molecule has 0 aliphatic carbocycles. The smallest absolute Gasteiger partial charge is 0.248 e. The van der Waals surface area contributed by atoms with Crippen LogP contribution in [0.1, 0.15) is 219 Å². The summed E-state index contributed by atoms with van der Waals surface area (Å²) in [5.74, 6) is -2.02. The van der Waals surface area contributed by atoms with Gasteiger partial charge in [-0.15, -0.1) is 0 Å². The predicted octanol–water partition coefficient (Wildman–Crippen LogP) is 17.5. The Morgan fingerprint density at radius 1 is 0.442 bits per heavy atom. The minimum Gasteiger partial charge on any atom is -0.396 e. The van der Waals surface area contributed by atoms with E-state index in [9.17, 15) is 34.1 Å². The van der Waals surface area contributed by atoms with E-state index in [0.29, 0.717) is 32.5 Å². The molecule has 6 N–H and O–H groups in total. The van der Waals surface area contributed by atoms with Gasteiger partial charge in [0.2, 0.25) is 17.7 Å². The van der Waals surface area contributed by atoms with Crippen LogP contribution in [0.5, 0.6) is 0 Å². The van der Waals surface area contributed by atoms with Gasteiger partial charge >= 0.3 is 0 Å². The molecule has 3 heterocycles. The van der Waals surface area contributed by atoms with E-state index >= 15 is 4.39 Å². The molecule has 9 rings (SSSR count). The second-order valence-electron chi connectivity index (χ2n) is 31.7. The van der Waals surface area contributed by atoms with Crippen LogP contribution in [0.4, 0.5) is 25.8 Å². The van der Waals surface area contributed by atoms with Gasteiger partial charge in [-0.3, -0.25) is 14.4 Å². The summed E-state index contributed by atoms with van der Waals surface area (Å²) in [7, 11) is 0. The number of unbranched alkanes of at least 4 members (excludes halogenated alkanes) is 4. The first-order valence-corrected chi connectivity index (χ1v) is 38.1. The van der Waals surface area contributed by atoms with Crippen molar-refractivity contribution in [2.75, 3.05) is 47.9 Å². The number of amides is 3. The Bertz CT molecular complexity index is 3800.